The molecular weight excluding hydrogens is 190 g/mol. The Balaban J connectivity index is 1.72. The van der Waals surface area contributed by atoms with Crippen molar-refractivity contribution in [1.29, 1.82) is 0 Å². The summed E-state index contributed by atoms with van der Waals surface area (Å²) >= 11 is 0. The van der Waals surface area contributed by atoms with Gasteiger partial charge in [0.15, 0.2) is 0 Å². The van der Waals surface area contributed by atoms with Crippen LogP contribution in [0.2, 0.25) is 0 Å². The van der Waals surface area contributed by atoms with Crippen molar-refractivity contribution in [2.45, 2.75) is 18.9 Å². The predicted molar refractivity (Wildman–Crippen MR) is 60.8 cm³/mol. The third-order valence-electron chi connectivity index (χ3n) is 3.64. The molecule has 0 aromatic rings. The van der Waals surface area contributed by atoms with Gasteiger partial charge < -0.3 is 20.7 Å². The van der Waals surface area contributed by atoms with E-state index in [-0.39, 0.29) is 5.41 Å². The Labute approximate surface area is 92.1 Å². The molecular formula is C11H23N3O. The summed E-state index contributed by atoms with van der Waals surface area (Å²) in [5.74, 6) is 0. The molecule has 2 aliphatic rings. The molecule has 1 unspecified atom stereocenters. The van der Waals surface area contributed by atoms with Crippen molar-refractivity contribution < 1.29 is 4.74 Å². The SMILES string of the molecule is CN1CCCC(NCC2(CN)COC2)C1. The van der Waals surface area contributed by atoms with E-state index < -0.39 is 0 Å². The fourth-order valence-electron chi connectivity index (χ4n) is 2.38. The largest absolute Gasteiger partial charge is 0.380 e. The van der Waals surface area contributed by atoms with Crippen LogP contribution >= 0.6 is 0 Å². The molecule has 0 radical (unpaired) electrons. The van der Waals surface area contributed by atoms with Gasteiger partial charge in [0.2, 0.25) is 0 Å². The molecule has 4 nitrogen and oxygen atoms in total. The van der Waals surface area contributed by atoms with Crippen LogP contribution in [0.25, 0.3) is 0 Å². The summed E-state index contributed by atoms with van der Waals surface area (Å²) in [5.41, 5.74) is 6.01. The first kappa shape index (κ1) is 11.3. The van der Waals surface area contributed by atoms with Gasteiger partial charge in [-0.25, -0.2) is 0 Å². The molecule has 1 atom stereocenters. The quantitative estimate of drug-likeness (QED) is 0.670. The Bertz CT molecular complexity index is 200. The number of nitrogens with one attached hydrogen (secondary N) is 1. The van der Waals surface area contributed by atoms with Gasteiger partial charge in [0, 0.05) is 31.1 Å². The van der Waals surface area contributed by atoms with Crippen molar-refractivity contribution in [1.82, 2.24) is 10.2 Å². The van der Waals surface area contributed by atoms with Crippen LogP contribution in [0.3, 0.4) is 0 Å². The first-order chi connectivity index (χ1) is 7.24. The van der Waals surface area contributed by atoms with Crippen LogP contribution in [0.4, 0.5) is 0 Å². The number of likely N-dealkylation sites (N-methyl/N-ethyl adjacent to an activating group) is 1. The minimum absolute atomic E-state index is 0.232. The summed E-state index contributed by atoms with van der Waals surface area (Å²) < 4.78 is 5.26. The second kappa shape index (κ2) is 4.78. The third kappa shape index (κ3) is 2.69. The maximum absolute atomic E-state index is 5.78. The smallest absolute Gasteiger partial charge is 0.0569 e. The fraction of sp³-hybridized carbons (Fsp3) is 1.00. The van der Waals surface area contributed by atoms with Gasteiger partial charge in [-0.3, -0.25) is 0 Å². The summed E-state index contributed by atoms with van der Waals surface area (Å²) in [6, 6.07) is 0.646. The van der Waals surface area contributed by atoms with E-state index in [1.165, 1.54) is 25.9 Å². The van der Waals surface area contributed by atoms with Gasteiger partial charge in [-0.05, 0) is 26.4 Å². The summed E-state index contributed by atoms with van der Waals surface area (Å²) in [4.78, 5) is 2.40. The van der Waals surface area contributed by atoms with Crippen molar-refractivity contribution >= 4 is 0 Å². The molecule has 3 N–H and O–H groups in total. The lowest BCUT2D eigenvalue weighted by atomic mass is 9.85. The number of hydrogen-bond acceptors (Lipinski definition) is 4. The lowest BCUT2D eigenvalue weighted by molar-refractivity contribution is -0.106. The fourth-order valence-corrected chi connectivity index (χ4v) is 2.38. The topological polar surface area (TPSA) is 50.5 Å². The van der Waals surface area contributed by atoms with Gasteiger partial charge in [-0.15, -0.1) is 0 Å². The Hall–Kier alpha value is -0.160. The number of rotatable bonds is 4. The first-order valence-corrected chi connectivity index (χ1v) is 5.94. The number of nitrogens with zero attached hydrogens (tertiary/aromatic N) is 1. The molecule has 0 bridgehead atoms. The molecule has 4 heteroatoms. The highest BCUT2D eigenvalue weighted by atomic mass is 16.5. The highest BCUT2D eigenvalue weighted by molar-refractivity contribution is 4.90. The maximum Gasteiger partial charge on any atom is 0.0569 e. The Morgan fingerprint density at radius 3 is 2.87 bits per heavy atom. The number of hydrogen-bond donors (Lipinski definition) is 2. The summed E-state index contributed by atoms with van der Waals surface area (Å²) in [6.45, 7) is 5.83. The van der Waals surface area contributed by atoms with Crippen LogP contribution in [0.5, 0.6) is 0 Å². The van der Waals surface area contributed by atoms with Gasteiger partial charge in [0.05, 0.1) is 13.2 Å². The lowest BCUT2D eigenvalue weighted by Gasteiger charge is -2.42. The molecule has 88 valence electrons. The molecule has 2 rings (SSSR count). The number of piperidine rings is 1. The van der Waals surface area contributed by atoms with Crippen LogP contribution < -0.4 is 11.1 Å². The van der Waals surface area contributed by atoms with Crippen molar-refractivity contribution in [2.24, 2.45) is 11.1 Å². The molecule has 0 aliphatic carbocycles. The number of likely N-dealkylation sites (tertiary alicyclic amines) is 1. The van der Waals surface area contributed by atoms with Crippen molar-refractivity contribution in [3.05, 3.63) is 0 Å². The minimum Gasteiger partial charge on any atom is -0.380 e. The zero-order valence-electron chi connectivity index (χ0n) is 9.67. The van der Waals surface area contributed by atoms with Gasteiger partial charge in [0.25, 0.3) is 0 Å². The average molecular weight is 213 g/mol. The second-order valence-electron chi connectivity index (χ2n) is 5.18. The Morgan fingerprint density at radius 2 is 2.33 bits per heavy atom. The molecule has 0 spiro atoms. The molecule has 0 saturated carbocycles. The van der Waals surface area contributed by atoms with Crippen LogP contribution in [-0.4, -0.2) is 57.4 Å². The van der Waals surface area contributed by atoms with Crippen LogP contribution in [0.1, 0.15) is 12.8 Å². The van der Waals surface area contributed by atoms with E-state index in [0.29, 0.717) is 6.04 Å². The van der Waals surface area contributed by atoms with Crippen molar-refractivity contribution in [2.75, 3.05) is 46.4 Å². The minimum atomic E-state index is 0.232. The molecule has 0 aromatic carbocycles. The maximum atomic E-state index is 5.78. The molecule has 2 fully saturated rings. The average Bonchev–Trinajstić information content (AvgIpc) is 2.17. The Morgan fingerprint density at radius 1 is 1.53 bits per heavy atom. The van der Waals surface area contributed by atoms with E-state index in [1.54, 1.807) is 0 Å². The monoisotopic (exact) mass is 213 g/mol. The van der Waals surface area contributed by atoms with Crippen LogP contribution in [0.15, 0.2) is 0 Å². The molecule has 0 aromatic heterocycles. The number of ether oxygens (including phenoxy) is 1. The van der Waals surface area contributed by atoms with E-state index in [4.69, 9.17) is 10.5 Å². The van der Waals surface area contributed by atoms with Crippen LogP contribution in [-0.2, 0) is 4.74 Å². The third-order valence-corrected chi connectivity index (χ3v) is 3.64. The van der Waals surface area contributed by atoms with Gasteiger partial charge >= 0.3 is 0 Å². The highest BCUT2D eigenvalue weighted by Crippen LogP contribution is 2.25. The van der Waals surface area contributed by atoms with Gasteiger partial charge in [0.1, 0.15) is 0 Å². The molecule has 15 heavy (non-hydrogen) atoms. The molecule has 0 amide bonds. The number of nitrogens with two attached hydrogens (primary N) is 1. The lowest BCUT2D eigenvalue weighted by Crippen LogP contribution is -2.57. The molecule has 2 saturated heterocycles. The summed E-state index contributed by atoms with van der Waals surface area (Å²) in [6.07, 6.45) is 2.60. The zero-order valence-corrected chi connectivity index (χ0v) is 9.67. The van der Waals surface area contributed by atoms with Crippen molar-refractivity contribution in [3.8, 4) is 0 Å². The van der Waals surface area contributed by atoms with Gasteiger partial charge in [-0.2, -0.15) is 0 Å². The second-order valence-corrected chi connectivity index (χ2v) is 5.18. The zero-order chi connectivity index (χ0) is 10.7. The van der Waals surface area contributed by atoms with E-state index in [9.17, 15) is 0 Å². The van der Waals surface area contributed by atoms with Crippen molar-refractivity contribution in [3.63, 3.8) is 0 Å². The molecule has 2 aliphatic heterocycles. The normalized spacial score (nSPS) is 31.2. The molecule has 2 heterocycles. The standard InChI is InChI=1S/C11H23N3O/c1-14-4-2-3-10(5-14)13-7-11(6-12)8-15-9-11/h10,13H,2-9,12H2,1H3. The Kier molecular flexibility index (Phi) is 3.61. The predicted octanol–water partition coefficient (Wildman–Crippen LogP) is -0.354. The van der Waals surface area contributed by atoms with Crippen LogP contribution in [0, 0.1) is 5.41 Å². The summed E-state index contributed by atoms with van der Waals surface area (Å²) in [7, 11) is 2.19. The first-order valence-electron chi connectivity index (χ1n) is 5.94. The van der Waals surface area contributed by atoms with E-state index in [2.05, 4.69) is 17.3 Å². The van der Waals surface area contributed by atoms with E-state index >= 15 is 0 Å². The highest BCUT2D eigenvalue weighted by Gasteiger charge is 2.37. The van der Waals surface area contributed by atoms with Gasteiger partial charge in [-0.1, -0.05) is 0 Å². The van der Waals surface area contributed by atoms with E-state index in [0.717, 1.165) is 26.3 Å². The summed E-state index contributed by atoms with van der Waals surface area (Å²) in [5, 5.41) is 3.64. The van der Waals surface area contributed by atoms with E-state index in [1.807, 2.05) is 0 Å².